The van der Waals surface area contributed by atoms with E-state index in [4.69, 9.17) is 4.74 Å². The highest BCUT2D eigenvalue weighted by atomic mass is 16.5. The van der Waals surface area contributed by atoms with Crippen LogP contribution in [0.25, 0.3) is 0 Å². The Morgan fingerprint density at radius 3 is 2.75 bits per heavy atom. The lowest BCUT2D eigenvalue weighted by Gasteiger charge is -2.18. The van der Waals surface area contributed by atoms with Gasteiger partial charge >= 0.3 is 6.09 Å². The van der Waals surface area contributed by atoms with Gasteiger partial charge in [0.05, 0.1) is 12.1 Å². The summed E-state index contributed by atoms with van der Waals surface area (Å²) >= 11 is 0. The zero-order valence-electron chi connectivity index (χ0n) is 11.5. The molecular weight excluding hydrogens is 254 g/mol. The van der Waals surface area contributed by atoms with Gasteiger partial charge in [0.2, 0.25) is 0 Å². The summed E-state index contributed by atoms with van der Waals surface area (Å²) in [5.74, 6) is 0. The first kappa shape index (κ1) is 14.6. The van der Waals surface area contributed by atoms with Crippen molar-refractivity contribution >= 4 is 6.09 Å². The van der Waals surface area contributed by atoms with Crippen LogP contribution in [-0.4, -0.2) is 23.3 Å². The van der Waals surface area contributed by atoms with E-state index in [-0.39, 0.29) is 12.6 Å². The fourth-order valence-electron chi connectivity index (χ4n) is 2.21. The summed E-state index contributed by atoms with van der Waals surface area (Å²) in [4.78, 5) is 11.7. The summed E-state index contributed by atoms with van der Waals surface area (Å²) in [6.07, 6.45) is 6.42. The van der Waals surface area contributed by atoms with Gasteiger partial charge in [0, 0.05) is 0 Å². The van der Waals surface area contributed by atoms with Crippen molar-refractivity contribution in [3.8, 4) is 0 Å². The van der Waals surface area contributed by atoms with Crippen molar-refractivity contribution in [1.29, 1.82) is 0 Å². The molecule has 0 aliphatic heterocycles. The van der Waals surface area contributed by atoms with Gasteiger partial charge in [0.25, 0.3) is 0 Å². The molecule has 1 aliphatic rings. The van der Waals surface area contributed by atoms with Crippen LogP contribution < -0.4 is 5.32 Å². The Bertz CT molecular complexity index is 444. The van der Waals surface area contributed by atoms with Gasteiger partial charge < -0.3 is 15.2 Å². The second-order valence-corrected chi connectivity index (χ2v) is 5.05. The van der Waals surface area contributed by atoms with Crippen LogP contribution in [0, 0.1) is 0 Å². The number of amides is 1. The largest absolute Gasteiger partial charge is 0.445 e. The molecule has 0 saturated carbocycles. The predicted molar refractivity (Wildman–Crippen MR) is 77.2 cm³/mol. The van der Waals surface area contributed by atoms with Gasteiger partial charge in [0.15, 0.2) is 0 Å². The Labute approximate surface area is 119 Å². The molecule has 1 amide bonds. The van der Waals surface area contributed by atoms with Gasteiger partial charge in [-0.15, -0.1) is 0 Å². The maximum atomic E-state index is 11.7. The number of alkyl carbamates (subject to hydrolysis) is 1. The minimum atomic E-state index is -0.418. The smallest absolute Gasteiger partial charge is 0.407 e. The third-order valence-electron chi connectivity index (χ3n) is 3.35. The normalized spacial score (nSPS) is 24.2. The van der Waals surface area contributed by atoms with Crippen LogP contribution in [0.3, 0.4) is 0 Å². The van der Waals surface area contributed by atoms with Crippen molar-refractivity contribution in [3.63, 3.8) is 0 Å². The minimum absolute atomic E-state index is 0.0618. The minimum Gasteiger partial charge on any atom is -0.445 e. The molecule has 1 aliphatic carbocycles. The molecule has 4 heteroatoms. The summed E-state index contributed by atoms with van der Waals surface area (Å²) in [6.45, 7) is 0.270. The third-order valence-corrected chi connectivity index (χ3v) is 3.35. The highest BCUT2D eigenvalue weighted by molar-refractivity contribution is 5.67. The number of benzene rings is 1. The Morgan fingerprint density at radius 1 is 1.20 bits per heavy atom. The summed E-state index contributed by atoms with van der Waals surface area (Å²) < 4.78 is 5.18. The summed E-state index contributed by atoms with van der Waals surface area (Å²) in [7, 11) is 0. The Hall–Kier alpha value is -1.81. The number of nitrogens with one attached hydrogen (secondary N) is 1. The molecule has 1 aromatic carbocycles. The number of rotatable bonds is 3. The average molecular weight is 275 g/mol. The second kappa shape index (κ2) is 7.70. The molecule has 0 radical (unpaired) electrons. The molecule has 1 aromatic rings. The van der Waals surface area contributed by atoms with E-state index < -0.39 is 12.2 Å². The lowest BCUT2D eigenvalue weighted by atomic mass is 10.0. The lowest BCUT2D eigenvalue weighted by Crippen LogP contribution is -2.34. The molecule has 108 valence electrons. The van der Waals surface area contributed by atoms with Gasteiger partial charge in [-0.1, -0.05) is 55.3 Å². The van der Waals surface area contributed by atoms with E-state index in [9.17, 15) is 9.90 Å². The zero-order valence-corrected chi connectivity index (χ0v) is 11.5. The SMILES string of the molecule is O=C(N[C@@H]1/C=C\[C@H](O)CCCC1)OCc1ccccc1. The summed E-state index contributed by atoms with van der Waals surface area (Å²) in [6, 6.07) is 9.52. The van der Waals surface area contributed by atoms with Gasteiger partial charge in [-0.2, -0.15) is 0 Å². The van der Waals surface area contributed by atoms with Crippen molar-refractivity contribution < 1.29 is 14.6 Å². The molecule has 0 saturated heterocycles. The number of aliphatic hydroxyl groups excluding tert-OH is 1. The van der Waals surface area contributed by atoms with E-state index in [1.165, 1.54) is 0 Å². The van der Waals surface area contributed by atoms with E-state index in [2.05, 4.69) is 5.32 Å². The first-order valence-corrected chi connectivity index (χ1v) is 7.07. The number of aliphatic hydroxyl groups is 1. The summed E-state index contributed by atoms with van der Waals surface area (Å²) in [5, 5.41) is 12.4. The van der Waals surface area contributed by atoms with Crippen LogP contribution >= 0.6 is 0 Å². The topological polar surface area (TPSA) is 58.6 Å². The molecule has 0 bridgehead atoms. The van der Waals surface area contributed by atoms with Crippen LogP contribution in [0.15, 0.2) is 42.5 Å². The zero-order chi connectivity index (χ0) is 14.2. The lowest BCUT2D eigenvalue weighted by molar-refractivity contribution is 0.136. The molecule has 2 atom stereocenters. The van der Waals surface area contributed by atoms with Crippen molar-refractivity contribution in [2.24, 2.45) is 0 Å². The predicted octanol–water partition coefficient (Wildman–Crippen LogP) is 2.77. The summed E-state index contributed by atoms with van der Waals surface area (Å²) in [5.41, 5.74) is 0.964. The molecule has 0 heterocycles. The first-order valence-electron chi connectivity index (χ1n) is 7.07. The maximum Gasteiger partial charge on any atom is 0.407 e. The molecule has 0 aromatic heterocycles. The van der Waals surface area contributed by atoms with Crippen molar-refractivity contribution in [2.45, 2.75) is 44.4 Å². The molecule has 0 fully saturated rings. The molecule has 4 nitrogen and oxygen atoms in total. The Morgan fingerprint density at radius 2 is 1.95 bits per heavy atom. The fraction of sp³-hybridized carbons (Fsp3) is 0.438. The van der Waals surface area contributed by atoms with Gasteiger partial charge in [-0.25, -0.2) is 4.79 Å². The Balaban J connectivity index is 1.78. The highest BCUT2D eigenvalue weighted by Crippen LogP contribution is 2.12. The van der Waals surface area contributed by atoms with Crippen molar-refractivity contribution in [1.82, 2.24) is 5.32 Å². The maximum absolute atomic E-state index is 11.7. The fourth-order valence-corrected chi connectivity index (χ4v) is 2.21. The van der Waals surface area contributed by atoms with Crippen LogP contribution in [-0.2, 0) is 11.3 Å². The van der Waals surface area contributed by atoms with Crippen LogP contribution in [0.2, 0.25) is 0 Å². The number of hydrogen-bond donors (Lipinski definition) is 2. The monoisotopic (exact) mass is 275 g/mol. The van der Waals surface area contributed by atoms with E-state index in [0.717, 1.165) is 31.2 Å². The number of hydrogen-bond acceptors (Lipinski definition) is 3. The molecule has 0 unspecified atom stereocenters. The Kier molecular flexibility index (Phi) is 5.62. The molecule has 2 N–H and O–H groups in total. The van der Waals surface area contributed by atoms with Gasteiger partial charge in [0.1, 0.15) is 6.61 Å². The van der Waals surface area contributed by atoms with E-state index >= 15 is 0 Å². The van der Waals surface area contributed by atoms with Crippen molar-refractivity contribution in [2.75, 3.05) is 0 Å². The molecule has 20 heavy (non-hydrogen) atoms. The molecular formula is C16H21NO3. The second-order valence-electron chi connectivity index (χ2n) is 5.05. The van der Waals surface area contributed by atoms with Gasteiger partial charge in [-0.3, -0.25) is 0 Å². The van der Waals surface area contributed by atoms with E-state index in [1.807, 2.05) is 36.4 Å². The number of carbonyl (C=O) groups excluding carboxylic acids is 1. The van der Waals surface area contributed by atoms with Crippen LogP contribution in [0.1, 0.15) is 31.2 Å². The first-order chi connectivity index (χ1) is 9.74. The number of ether oxygens (including phenoxy) is 1. The number of carbonyl (C=O) groups is 1. The standard InChI is InChI=1S/C16H21NO3/c18-15-9-5-4-8-14(10-11-15)17-16(19)20-12-13-6-2-1-3-7-13/h1-3,6-7,10-11,14-15,18H,4-5,8-9,12H2,(H,17,19)/b11-10-/t14-,15+/m0/s1. The molecule has 0 spiro atoms. The van der Waals surface area contributed by atoms with Crippen LogP contribution in [0.4, 0.5) is 4.79 Å². The molecule has 2 rings (SSSR count). The van der Waals surface area contributed by atoms with Crippen molar-refractivity contribution in [3.05, 3.63) is 48.0 Å². The van der Waals surface area contributed by atoms with Gasteiger partial charge in [-0.05, 0) is 18.4 Å². The highest BCUT2D eigenvalue weighted by Gasteiger charge is 2.13. The van der Waals surface area contributed by atoms with E-state index in [0.29, 0.717) is 0 Å². The average Bonchev–Trinajstić information content (AvgIpc) is 2.45. The van der Waals surface area contributed by atoms with Crippen LogP contribution in [0.5, 0.6) is 0 Å². The third kappa shape index (κ3) is 5.05. The van der Waals surface area contributed by atoms with E-state index in [1.54, 1.807) is 6.08 Å². The quantitative estimate of drug-likeness (QED) is 0.834.